The molecule has 1 aromatic carbocycles. The lowest BCUT2D eigenvalue weighted by atomic mass is 9.88. The highest BCUT2D eigenvalue weighted by atomic mass is 35.5. The van der Waals surface area contributed by atoms with E-state index >= 15 is 0 Å². The molecule has 0 fully saturated rings. The average Bonchev–Trinajstić information content (AvgIpc) is 2.52. The van der Waals surface area contributed by atoms with Crippen molar-refractivity contribution in [2.24, 2.45) is 11.7 Å². The number of halogens is 1. The second-order valence-electron chi connectivity index (χ2n) is 5.98. The van der Waals surface area contributed by atoms with Gasteiger partial charge in [0.15, 0.2) is 5.78 Å². The zero-order chi connectivity index (χ0) is 16.8. The van der Waals surface area contributed by atoms with Gasteiger partial charge in [0.05, 0.1) is 12.6 Å². The quantitative estimate of drug-likeness (QED) is 0.711. The number of nitrogens with one attached hydrogen (secondary N) is 1. The van der Waals surface area contributed by atoms with E-state index in [9.17, 15) is 9.59 Å². The fourth-order valence-corrected chi connectivity index (χ4v) is 1.96. The second-order valence-corrected chi connectivity index (χ2v) is 5.98. The molecule has 3 N–H and O–H groups in total. The Balaban J connectivity index is 0.00000484. The first-order chi connectivity index (χ1) is 10.3. The standard InChI is InChI=1S/C17H26N2O3.ClH/c1-12(2)17(3,11-18)19-16(21)10-9-15(20)13-5-7-14(22-4)8-6-13;/h5-8,12H,9-11,18H2,1-4H3,(H,19,21);1H. The van der Waals surface area contributed by atoms with Crippen LogP contribution in [0.25, 0.3) is 0 Å². The highest BCUT2D eigenvalue weighted by molar-refractivity contribution is 5.98. The van der Waals surface area contributed by atoms with Gasteiger partial charge in [-0.25, -0.2) is 0 Å². The van der Waals surface area contributed by atoms with Crippen molar-refractivity contribution >= 4 is 24.1 Å². The Morgan fingerprint density at radius 1 is 1.22 bits per heavy atom. The number of carbonyl (C=O) groups excluding carboxylic acids is 2. The predicted molar refractivity (Wildman–Crippen MR) is 94.2 cm³/mol. The van der Waals surface area contributed by atoms with Crippen LogP contribution in [-0.4, -0.2) is 30.9 Å². The van der Waals surface area contributed by atoms with E-state index < -0.39 is 5.54 Å². The number of ketones is 1. The van der Waals surface area contributed by atoms with E-state index in [1.54, 1.807) is 31.4 Å². The molecule has 1 unspecified atom stereocenters. The van der Waals surface area contributed by atoms with Gasteiger partial charge in [0.1, 0.15) is 5.75 Å². The molecule has 23 heavy (non-hydrogen) atoms. The molecule has 0 radical (unpaired) electrons. The number of Topliss-reactive ketones (excluding diaryl/α,β-unsaturated/α-hetero) is 1. The van der Waals surface area contributed by atoms with E-state index in [2.05, 4.69) is 5.32 Å². The Bertz CT molecular complexity index is 517. The van der Waals surface area contributed by atoms with Crippen LogP contribution in [0.5, 0.6) is 5.75 Å². The Morgan fingerprint density at radius 2 is 1.78 bits per heavy atom. The molecule has 1 atom stereocenters. The van der Waals surface area contributed by atoms with Crippen molar-refractivity contribution in [2.75, 3.05) is 13.7 Å². The minimum absolute atomic E-state index is 0. The van der Waals surface area contributed by atoms with Crippen molar-refractivity contribution < 1.29 is 14.3 Å². The summed E-state index contributed by atoms with van der Waals surface area (Å²) in [4.78, 5) is 24.1. The van der Waals surface area contributed by atoms with E-state index in [-0.39, 0.29) is 42.9 Å². The normalized spacial score (nSPS) is 13.0. The largest absolute Gasteiger partial charge is 0.497 e. The summed E-state index contributed by atoms with van der Waals surface area (Å²) >= 11 is 0. The van der Waals surface area contributed by atoms with Crippen LogP contribution < -0.4 is 15.8 Å². The molecule has 0 aromatic heterocycles. The number of rotatable bonds is 8. The van der Waals surface area contributed by atoms with Gasteiger partial charge >= 0.3 is 0 Å². The van der Waals surface area contributed by atoms with Crippen LogP contribution in [0.1, 0.15) is 44.0 Å². The topological polar surface area (TPSA) is 81.4 Å². The highest BCUT2D eigenvalue weighted by Gasteiger charge is 2.28. The van der Waals surface area contributed by atoms with Gasteiger partial charge in [-0.1, -0.05) is 13.8 Å². The van der Waals surface area contributed by atoms with Gasteiger partial charge in [-0.2, -0.15) is 0 Å². The first-order valence-electron chi connectivity index (χ1n) is 7.50. The summed E-state index contributed by atoms with van der Waals surface area (Å²) in [6, 6.07) is 6.88. The van der Waals surface area contributed by atoms with E-state index in [0.717, 1.165) is 0 Å². The lowest BCUT2D eigenvalue weighted by Gasteiger charge is -2.33. The maximum atomic E-state index is 12.1. The van der Waals surface area contributed by atoms with Gasteiger partial charge in [0, 0.05) is 24.9 Å². The summed E-state index contributed by atoms with van der Waals surface area (Å²) in [5.41, 5.74) is 5.88. The third-order valence-corrected chi connectivity index (χ3v) is 4.11. The Morgan fingerprint density at radius 3 is 2.22 bits per heavy atom. The summed E-state index contributed by atoms with van der Waals surface area (Å²) in [5, 5.41) is 2.93. The summed E-state index contributed by atoms with van der Waals surface area (Å²) in [7, 11) is 1.57. The zero-order valence-corrected chi connectivity index (χ0v) is 15.0. The molecule has 1 aromatic rings. The zero-order valence-electron chi connectivity index (χ0n) is 14.2. The van der Waals surface area contributed by atoms with Gasteiger partial charge in [0.25, 0.3) is 0 Å². The number of amides is 1. The van der Waals surface area contributed by atoms with Crippen LogP contribution in [0.15, 0.2) is 24.3 Å². The van der Waals surface area contributed by atoms with Crippen molar-refractivity contribution in [1.29, 1.82) is 0 Å². The third kappa shape index (κ3) is 6.20. The average molecular weight is 343 g/mol. The molecular formula is C17H27ClN2O3. The molecule has 5 nitrogen and oxygen atoms in total. The van der Waals surface area contributed by atoms with E-state index in [0.29, 0.717) is 17.9 Å². The van der Waals surface area contributed by atoms with E-state index in [1.807, 2.05) is 20.8 Å². The van der Waals surface area contributed by atoms with Crippen molar-refractivity contribution in [1.82, 2.24) is 5.32 Å². The molecule has 130 valence electrons. The number of hydrogen-bond acceptors (Lipinski definition) is 4. The number of carbonyl (C=O) groups is 2. The number of nitrogens with two attached hydrogens (primary N) is 1. The van der Waals surface area contributed by atoms with Crippen molar-refractivity contribution in [3.8, 4) is 5.75 Å². The summed E-state index contributed by atoms with van der Waals surface area (Å²) in [6.45, 7) is 6.30. The number of ether oxygens (including phenoxy) is 1. The maximum absolute atomic E-state index is 12.1. The minimum Gasteiger partial charge on any atom is -0.497 e. The highest BCUT2D eigenvalue weighted by Crippen LogP contribution is 2.16. The molecule has 1 amide bonds. The van der Waals surface area contributed by atoms with Crippen molar-refractivity contribution in [3.05, 3.63) is 29.8 Å². The number of methoxy groups -OCH3 is 1. The van der Waals surface area contributed by atoms with Crippen molar-refractivity contribution in [2.45, 2.75) is 39.2 Å². The maximum Gasteiger partial charge on any atom is 0.220 e. The SMILES string of the molecule is COc1ccc(C(=O)CCC(=O)NC(C)(CN)C(C)C)cc1.Cl. The fraction of sp³-hybridized carbons (Fsp3) is 0.529. The van der Waals surface area contributed by atoms with Crippen LogP contribution in [0.2, 0.25) is 0 Å². The second kappa shape index (κ2) is 9.53. The molecule has 0 spiro atoms. The lowest BCUT2D eigenvalue weighted by molar-refractivity contribution is -0.123. The molecule has 0 aliphatic rings. The molecular weight excluding hydrogens is 316 g/mol. The van der Waals surface area contributed by atoms with Gasteiger partial charge < -0.3 is 15.8 Å². The smallest absolute Gasteiger partial charge is 0.220 e. The van der Waals surface area contributed by atoms with E-state index in [4.69, 9.17) is 10.5 Å². The Labute approximate surface area is 144 Å². The van der Waals surface area contributed by atoms with Gasteiger partial charge in [-0.3, -0.25) is 9.59 Å². The Hall–Kier alpha value is -1.59. The van der Waals surface area contributed by atoms with Crippen molar-refractivity contribution in [3.63, 3.8) is 0 Å². The lowest BCUT2D eigenvalue weighted by Crippen LogP contribution is -2.55. The predicted octanol–water partition coefficient (Wildman–Crippen LogP) is 2.57. The summed E-state index contributed by atoms with van der Waals surface area (Å²) in [6.07, 6.45) is 0.337. The molecule has 1 rings (SSSR count). The molecule has 0 aliphatic heterocycles. The van der Waals surface area contributed by atoms with E-state index in [1.165, 1.54) is 0 Å². The summed E-state index contributed by atoms with van der Waals surface area (Å²) < 4.78 is 5.05. The number of benzene rings is 1. The van der Waals surface area contributed by atoms with Crippen LogP contribution in [0.3, 0.4) is 0 Å². The Kier molecular flexibility index (Phi) is 8.87. The van der Waals surface area contributed by atoms with Gasteiger partial charge in [-0.05, 0) is 37.1 Å². The van der Waals surface area contributed by atoms with Crippen LogP contribution >= 0.6 is 12.4 Å². The first kappa shape index (κ1) is 21.4. The van der Waals surface area contributed by atoms with Crippen LogP contribution in [-0.2, 0) is 4.79 Å². The monoisotopic (exact) mass is 342 g/mol. The molecule has 0 aliphatic carbocycles. The van der Waals surface area contributed by atoms with Gasteiger partial charge in [0.2, 0.25) is 5.91 Å². The molecule has 0 heterocycles. The number of hydrogen-bond donors (Lipinski definition) is 2. The summed E-state index contributed by atoms with van der Waals surface area (Å²) in [5.74, 6) is 0.712. The first-order valence-corrected chi connectivity index (χ1v) is 7.50. The molecule has 0 saturated carbocycles. The van der Waals surface area contributed by atoms with Gasteiger partial charge in [-0.15, -0.1) is 12.4 Å². The molecule has 0 saturated heterocycles. The minimum atomic E-state index is -0.444. The fourth-order valence-electron chi connectivity index (χ4n) is 1.96. The molecule has 0 bridgehead atoms. The van der Waals surface area contributed by atoms with Crippen LogP contribution in [0.4, 0.5) is 0 Å². The molecule has 6 heteroatoms. The third-order valence-electron chi connectivity index (χ3n) is 4.11. The van der Waals surface area contributed by atoms with Crippen LogP contribution in [0, 0.1) is 5.92 Å².